The molecule has 0 spiro atoms. The molecule has 0 radical (unpaired) electrons. The topological polar surface area (TPSA) is 70.7 Å². The van der Waals surface area contributed by atoms with Crippen molar-refractivity contribution in [3.8, 4) is 0 Å². The van der Waals surface area contributed by atoms with E-state index in [0.29, 0.717) is 31.5 Å². The monoisotopic (exact) mass is 414 g/mol. The Balaban J connectivity index is 0.00000176. The highest BCUT2D eigenvalue weighted by Gasteiger charge is 2.21. The average Bonchev–Trinajstić information content (AvgIpc) is 3.20. The van der Waals surface area contributed by atoms with Crippen LogP contribution in [0.3, 0.4) is 0 Å². The van der Waals surface area contributed by atoms with Crippen molar-refractivity contribution in [3.63, 3.8) is 0 Å². The lowest BCUT2D eigenvalue weighted by atomic mass is 10.1. The second kappa shape index (κ2) is 7.80. The van der Waals surface area contributed by atoms with E-state index < -0.39 is 0 Å². The molecule has 1 saturated carbocycles. The Morgan fingerprint density at radius 1 is 1.36 bits per heavy atom. The summed E-state index contributed by atoms with van der Waals surface area (Å²) < 4.78 is 0. The van der Waals surface area contributed by atoms with Gasteiger partial charge in [-0.05, 0) is 30.4 Å². The van der Waals surface area contributed by atoms with Gasteiger partial charge >= 0.3 is 0 Å². The molecule has 3 rings (SSSR count). The summed E-state index contributed by atoms with van der Waals surface area (Å²) in [5, 5.41) is 3.18. The van der Waals surface area contributed by atoms with Crippen LogP contribution < -0.4 is 11.1 Å². The fourth-order valence-electron chi connectivity index (χ4n) is 2.58. The number of hydrogen-bond acceptors (Lipinski definition) is 2. The molecule has 0 unspecified atom stereocenters. The van der Waals surface area contributed by atoms with Crippen molar-refractivity contribution in [2.45, 2.75) is 44.8 Å². The van der Waals surface area contributed by atoms with Gasteiger partial charge in [0.05, 0.1) is 6.54 Å². The molecule has 1 aliphatic heterocycles. The number of nitrogens with one attached hydrogen (secondary N) is 1. The van der Waals surface area contributed by atoms with Crippen molar-refractivity contribution in [1.82, 2.24) is 10.2 Å². The van der Waals surface area contributed by atoms with Gasteiger partial charge in [0.2, 0.25) is 5.91 Å². The fourth-order valence-corrected chi connectivity index (χ4v) is 2.58. The van der Waals surface area contributed by atoms with Crippen LogP contribution in [0.1, 0.15) is 36.8 Å². The smallest absolute Gasteiger partial charge is 0.222 e. The number of hydrogen-bond donors (Lipinski definition) is 2. The predicted molar refractivity (Wildman–Crippen MR) is 98.0 cm³/mol. The van der Waals surface area contributed by atoms with Crippen molar-refractivity contribution in [3.05, 3.63) is 35.4 Å². The number of halogens is 1. The summed E-state index contributed by atoms with van der Waals surface area (Å²) in [5.74, 6) is 0.786. The third-order valence-electron chi connectivity index (χ3n) is 3.90. The number of nitrogens with two attached hydrogens (primary N) is 1. The highest BCUT2D eigenvalue weighted by atomic mass is 127. The van der Waals surface area contributed by atoms with Gasteiger partial charge < -0.3 is 16.0 Å². The molecule has 6 heteroatoms. The molecule has 2 fully saturated rings. The van der Waals surface area contributed by atoms with Gasteiger partial charge in [-0.2, -0.15) is 0 Å². The number of carbonyl (C=O) groups excluding carboxylic acids is 1. The van der Waals surface area contributed by atoms with Crippen molar-refractivity contribution in [2.75, 3.05) is 6.54 Å². The Morgan fingerprint density at radius 3 is 2.82 bits per heavy atom. The van der Waals surface area contributed by atoms with E-state index in [-0.39, 0.29) is 29.9 Å². The first kappa shape index (κ1) is 17.1. The molecule has 0 atom stereocenters. The van der Waals surface area contributed by atoms with E-state index in [0.717, 1.165) is 24.1 Å². The quantitative estimate of drug-likeness (QED) is 0.440. The fraction of sp³-hybridized carbons (Fsp3) is 0.500. The van der Waals surface area contributed by atoms with E-state index in [1.54, 1.807) is 0 Å². The zero-order valence-corrected chi connectivity index (χ0v) is 15.0. The minimum absolute atomic E-state index is 0. The highest BCUT2D eigenvalue weighted by molar-refractivity contribution is 14.0. The second-order valence-electron chi connectivity index (χ2n) is 5.86. The number of aliphatic imine (C=N–C) groups is 1. The molecular weight excluding hydrogens is 391 g/mol. The number of guanidine groups is 1. The maximum Gasteiger partial charge on any atom is 0.222 e. The lowest BCUT2D eigenvalue weighted by molar-refractivity contribution is -0.128. The Labute approximate surface area is 148 Å². The largest absolute Gasteiger partial charge is 0.370 e. The standard InChI is InChI=1S/C16H22N4O.HI/c17-16(19-14-6-7-14)18-10-12-3-1-4-13(9-12)11-20-8-2-5-15(20)21;/h1,3-4,9,14H,2,5-8,10-11H2,(H3,17,18,19);1H. The summed E-state index contributed by atoms with van der Waals surface area (Å²) in [6.45, 7) is 2.15. The Hall–Kier alpha value is -1.31. The number of rotatable bonds is 5. The molecule has 120 valence electrons. The molecule has 1 aromatic rings. The van der Waals surface area contributed by atoms with Gasteiger partial charge in [-0.25, -0.2) is 4.99 Å². The third-order valence-corrected chi connectivity index (χ3v) is 3.90. The van der Waals surface area contributed by atoms with Crippen LogP contribution in [0, 0.1) is 0 Å². The SMILES string of the molecule is I.NC(=NCc1cccc(CN2CCCC2=O)c1)NC1CC1. The number of nitrogens with zero attached hydrogens (tertiary/aromatic N) is 2. The summed E-state index contributed by atoms with van der Waals surface area (Å²) in [6.07, 6.45) is 4.05. The first-order valence-corrected chi connectivity index (χ1v) is 7.63. The molecule has 1 aromatic carbocycles. The zero-order valence-electron chi connectivity index (χ0n) is 12.6. The van der Waals surface area contributed by atoms with Gasteiger partial charge in [0, 0.05) is 25.6 Å². The molecule has 5 nitrogen and oxygen atoms in total. The summed E-state index contributed by atoms with van der Waals surface area (Å²) in [6, 6.07) is 8.76. The molecule has 3 N–H and O–H groups in total. The summed E-state index contributed by atoms with van der Waals surface area (Å²) >= 11 is 0. The molecule has 0 aromatic heterocycles. The van der Waals surface area contributed by atoms with Crippen LogP contribution in [-0.4, -0.2) is 29.4 Å². The van der Waals surface area contributed by atoms with E-state index in [1.165, 1.54) is 12.8 Å². The predicted octanol–water partition coefficient (Wildman–Crippen LogP) is 1.99. The molecular formula is C16H23IN4O. The average molecular weight is 414 g/mol. The maximum absolute atomic E-state index is 11.7. The number of likely N-dealkylation sites (tertiary alicyclic amines) is 1. The lowest BCUT2D eigenvalue weighted by Gasteiger charge is -2.15. The molecule has 0 bridgehead atoms. The minimum Gasteiger partial charge on any atom is -0.370 e. The summed E-state index contributed by atoms with van der Waals surface area (Å²) in [7, 11) is 0. The van der Waals surface area contributed by atoms with Gasteiger partial charge in [0.15, 0.2) is 5.96 Å². The lowest BCUT2D eigenvalue weighted by Crippen LogP contribution is -2.33. The first-order chi connectivity index (χ1) is 10.2. The maximum atomic E-state index is 11.7. The zero-order chi connectivity index (χ0) is 14.7. The molecule has 2 aliphatic rings. The molecule has 1 amide bonds. The van der Waals surface area contributed by atoms with Crippen LogP contribution in [0.25, 0.3) is 0 Å². The molecule has 22 heavy (non-hydrogen) atoms. The minimum atomic E-state index is 0. The van der Waals surface area contributed by atoms with Crippen LogP contribution in [0.5, 0.6) is 0 Å². The normalized spacial score (nSPS) is 18.3. The van der Waals surface area contributed by atoms with Crippen molar-refractivity contribution >= 4 is 35.8 Å². The van der Waals surface area contributed by atoms with Crippen LogP contribution >= 0.6 is 24.0 Å². The van der Waals surface area contributed by atoms with Gasteiger partial charge in [0.1, 0.15) is 0 Å². The Bertz CT molecular complexity index is 557. The first-order valence-electron chi connectivity index (χ1n) is 7.63. The Kier molecular flexibility index (Phi) is 6.05. The Morgan fingerprint density at radius 2 is 2.14 bits per heavy atom. The van der Waals surface area contributed by atoms with Crippen LogP contribution in [0.15, 0.2) is 29.3 Å². The van der Waals surface area contributed by atoms with E-state index in [4.69, 9.17) is 5.73 Å². The molecule has 1 saturated heterocycles. The van der Waals surface area contributed by atoms with Crippen molar-refractivity contribution in [2.24, 2.45) is 10.7 Å². The number of benzene rings is 1. The van der Waals surface area contributed by atoms with Crippen LogP contribution in [0.2, 0.25) is 0 Å². The molecule has 1 aliphatic carbocycles. The van der Waals surface area contributed by atoms with E-state index in [9.17, 15) is 4.79 Å². The summed E-state index contributed by atoms with van der Waals surface area (Å²) in [4.78, 5) is 18.0. The molecule has 1 heterocycles. The van der Waals surface area contributed by atoms with Gasteiger partial charge in [-0.3, -0.25) is 4.79 Å². The number of carbonyl (C=O) groups is 1. The van der Waals surface area contributed by atoms with Gasteiger partial charge in [-0.1, -0.05) is 24.3 Å². The van der Waals surface area contributed by atoms with Crippen molar-refractivity contribution < 1.29 is 4.79 Å². The van der Waals surface area contributed by atoms with E-state index >= 15 is 0 Å². The van der Waals surface area contributed by atoms with Crippen LogP contribution in [0.4, 0.5) is 0 Å². The van der Waals surface area contributed by atoms with E-state index in [2.05, 4.69) is 22.4 Å². The van der Waals surface area contributed by atoms with Crippen LogP contribution in [-0.2, 0) is 17.9 Å². The van der Waals surface area contributed by atoms with E-state index in [1.807, 2.05) is 17.0 Å². The highest BCUT2D eigenvalue weighted by Crippen LogP contribution is 2.18. The van der Waals surface area contributed by atoms with Gasteiger partial charge in [0.25, 0.3) is 0 Å². The third kappa shape index (κ3) is 4.86. The van der Waals surface area contributed by atoms with Gasteiger partial charge in [-0.15, -0.1) is 24.0 Å². The summed E-state index contributed by atoms with van der Waals surface area (Å²) in [5.41, 5.74) is 8.12. The second-order valence-corrected chi connectivity index (χ2v) is 5.86. The number of amides is 1. The van der Waals surface area contributed by atoms with Crippen molar-refractivity contribution in [1.29, 1.82) is 0 Å².